The van der Waals surface area contributed by atoms with Gasteiger partial charge in [0.1, 0.15) is 12.1 Å². The van der Waals surface area contributed by atoms with Crippen molar-refractivity contribution in [2.24, 2.45) is 11.5 Å². The molecular weight excluding hydrogens is 416 g/mol. The average molecular weight is 441 g/mol. The summed E-state index contributed by atoms with van der Waals surface area (Å²) in [6, 6.07) is 5.65. The molecule has 1 aromatic carbocycles. The molecule has 11 heteroatoms. The molecule has 0 saturated carbocycles. The summed E-state index contributed by atoms with van der Waals surface area (Å²) in [5.41, 5.74) is 12.6. The van der Waals surface area contributed by atoms with E-state index in [9.17, 15) is 14.4 Å². The van der Waals surface area contributed by atoms with Crippen molar-refractivity contribution in [1.82, 2.24) is 4.90 Å². The van der Waals surface area contributed by atoms with Gasteiger partial charge < -0.3 is 31.5 Å². The van der Waals surface area contributed by atoms with Gasteiger partial charge in [0.15, 0.2) is 5.11 Å². The number of likely N-dealkylation sites (tertiary alicyclic amines) is 1. The summed E-state index contributed by atoms with van der Waals surface area (Å²) in [7, 11) is 1.76. The smallest absolute Gasteiger partial charge is 0.326 e. The molecule has 1 aromatic rings. The molecular formula is C18H24N4O5S2. The second kappa shape index (κ2) is 10.8. The number of benzene rings is 1. The number of anilines is 1. The van der Waals surface area contributed by atoms with Gasteiger partial charge in [0.25, 0.3) is 0 Å². The summed E-state index contributed by atoms with van der Waals surface area (Å²) in [6.45, 7) is 1.66. The summed E-state index contributed by atoms with van der Waals surface area (Å²) in [4.78, 5) is 35.7. The second-order valence-corrected chi connectivity index (χ2v) is 7.45. The summed E-state index contributed by atoms with van der Waals surface area (Å²) in [5, 5.41) is 17.7. The van der Waals surface area contributed by atoms with E-state index >= 15 is 0 Å². The van der Waals surface area contributed by atoms with Crippen LogP contribution in [-0.2, 0) is 20.8 Å². The third kappa shape index (κ3) is 7.37. The standard InChI is InChI=1S/C11H15N3O2S.C7H9NO3S/c1-14(11(13)17)8-4-2-7(3-5-8)6-9(12)10(15)16;1-4(9)8-3-5(12)2-6(8)7(10)11/h2-5,9H,6,12H2,1H3,(H2,13,17)(H,15,16);6H,2-3H2,1H3,(H,10,11)/t9-;6-/m00/s1. The first kappa shape index (κ1) is 24.4. The van der Waals surface area contributed by atoms with Crippen molar-refractivity contribution in [3.63, 3.8) is 0 Å². The Balaban J connectivity index is 0.000000308. The Hall–Kier alpha value is -2.63. The maximum Gasteiger partial charge on any atom is 0.326 e. The number of rotatable bonds is 5. The minimum absolute atomic E-state index is 0.234. The van der Waals surface area contributed by atoms with E-state index in [-0.39, 0.29) is 11.0 Å². The van der Waals surface area contributed by atoms with Crippen molar-refractivity contribution in [2.45, 2.75) is 31.8 Å². The molecule has 6 N–H and O–H groups in total. The highest BCUT2D eigenvalue weighted by atomic mass is 32.1. The van der Waals surface area contributed by atoms with Gasteiger partial charge in [-0.15, -0.1) is 0 Å². The topological polar surface area (TPSA) is 150 Å². The first-order valence-corrected chi connectivity index (χ1v) is 9.37. The molecule has 1 amide bonds. The lowest BCUT2D eigenvalue weighted by Crippen LogP contribution is -2.39. The van der Waals surface area contributed by atoms with Crippen molar-refractivity contribution < 1.29 is 24.6 Å². The maximum absolute atomic E-state index is 10.9. The van der Waals surface area contributed by atoms with Crippen molar-refractivity contribution in [2.75, 3.05) is 18.5 Å². The summed E-state index contributed by atoms with van der Waals surface area (Å²) in [6.07, 6.45) is 0.608. The van der Waals surface area contributed by atoms with Crippen LogP contribution in [0, 0.1) is 0 Å². The van der Waals surface area contributed by atoms with Crippen LogP contribution in [0.1, 0.15) is 18.9 Å². The fourth-order valence-electron chi connectivity index (χ4n) is 2.57. The molecule has 2 atom stereocenters. The Kier molecular flexibility index (Phi) is 9.08. The van der Waals surface area contributed by atoms with Crippen LogP contribution < -0.4 is 16.4 Å². The van der Waals surface area contributed by atoms with E-state index in [1.54, 1.807) is 11.9 Å². The number of hydrogen-bond donors (Lipinski definition) is 4. The van der Waals surface area contributed by atoms with Gasteiger partial charge >= 0.3 is 11.9 Å². The molecule has 0 unspecified atom stereocenters. The third-order valence-corrected chi connectivity index (χ3v) is 4.83. The highest BCUT2D eigenvalue weighted by molar-refractivity contribution is 7.80. The molecule has 29 heavy (non-hydrogen) atoms. The lowest BCUT2D eigenvalue weighted by atomic mass is 10.1. The molecule has 2 rings (SSSR count). The second-order valence-electron chi connectivity index (χ2n) is 6.46. The van der Waals surface area contributed by atoms with Gasteiger partial charge in [0.05, 0.1) is 6.54 Å². The summed E-state index contributed by atoms with van der Waals surface area (Å²) < 4.78 is 0. The van der Waals surface area contributed by atoms with Gasteiger partial charge in [0.2, 0.25) is 5.91 Å². The van der Waals surface area contributed by atoms with Gasteiger partial charge in [-0.05, 0) is 36.3 Å². The van der Waals surface area contributed by atoms with E-state index in [1.807, 2.05) is 24.3 Å². The zero-order chi connectivity index (χ0) is 22.3. The SMILES string of the molecule is CC(=O)N1CC(=S)C[C@H]1C(=O)O.CN(C(N)=S)c1ccc(C[C@H](N)C(=O)O)cc1. The van der Waals surface area contributed by atoms with Crippen LogP contribution >= 0.6 is 24.4 Å². The number of hydrogen-bond acceptors (Lipinski definition) is 6. The van der Waals surface area contributed by atoms with Gasteiger partial charge in [-0.1, -0.05) is 24.4 Å². The number of carbonyl (C=O) groups is 3. The van der Waals surface area contributed by atoms with E-state index in [0.717, 1.165) is 11.3 Å². The van der Waals surface area contributed by atoms with Gasteiger partial charge in [-0.2, -0.15) is 0 Å². The molecule has 0 radical (unpaired) electrons. The van der Waals surface area contributed by atoms with Gasteiger partial charge in [-0.3, -0.25) is 9.59 Å². The number of nitrogens with zero attached hydrogens (tertiary/aromatic N) is 2. The maximum atomic E-state index is 10.9. The number of thiocarbonyl (C=S) groups is 2. The third-order valence-electron chi connectivity index (χ3n) is 4.26. The van der Waals surface area contributed by atoms with Crippen molar-refractivity contribution in [3.05, 3.63) is 29.8 Å². The minimum atomic E-state index is -1.01. The zero-order valence-corrected chi connectivity index (χ0v) is 17.7. The first-order valence-electron chi connectivity index (χ1n) is 8.56. The van der Waals surface area contributed by atoms with Gasteiger partial charge in [-0.25, -0.2) is 4.79 Å². The summed E-state index contributed by atoms with van der Waals surface area (Å²) >= 11 is 9.70. The molecule has 1 aliphatic rings. The molecule has 9 nitrogen and oxygen atoms in total. The van der Waals surface area contributed by atoms with Crippen LogP contribution in [0.3, 0.4) is 0 Å². The number of nitrogens with two attached hydrogens (primary N) is 2. The lowest BCUT2D eigenvalue weighted by Gasteiger charge is -2.18. The Morgan fingerprint density at radius 2 is 1.83 bits per heavy atom. The monoisotopic (exact) mass is 440 g/mol. The van der Waals surface area contributed by atoms with E-state index in [2.05, 4.69) is 0 Å². The largest absolute Gasteiger partial charge is 0.480 e. The van der Waals surface area contributed by atoms with Crippen LogP contribution in [0.25, 0.3) is 0 Å². The quantitative estimate of drug-likeness (QED) is 0.473. The highest BCUT2D eigenvalue weighted by Crippen LogP contribution is 2.16. The Morgan fingerprint density at radius 3 is 2.21 bits per heavy atom. The molecule has 158 valence electrons. The van der Waals surface area contributed by atoms with Crippen molar-refractivity contribution >= 4 is 57.9 Å². The molecule has 0 bridgehead atoms. The minimum Gasteiger partial charge on any atom is -0.480 e. The summed E-state index contributed by atoms with van der Waals surface area (Å²) in [5.74, 6) is -2.22. The van der Waals surface area contributed by atoms with Crippen molar-refractivity contribution in [1.29, 1.82) is 0 Å². The number of carbonyl (C=O) groups excluding carboxylic acids is 1. The molecule has 0 aromatic heterocycles. The zero-order valence-electron chi connectivity index (χ0n) is 16.1. The Bertz CT molecular complexity index is 776. The lowest BCUT2D eigenvalue weighted by molar-refractivity contribution is -0.147. The number of carboxylic acid groups (broad SMARTS) is 2. The average Bonchev–Trinajstić information content (AvgIpc) is 3.04. The predicted octanol–water partition coefficient (Wildman–Crippen LogP) is 0.383. The fourth-order valence-corrected chi connectivity index (χ4v) is 2.97. The molecule has 1 saturated heterocycles. The van der Waals surface area contributed by atoms with Crippen LogP contribution in [-0.4, -0.2) is 68.6 Å². The fraction of sp³-hybridized carbons (Fsp3) is 0.389. The molecule has 0 aliphatic carbocycles. The van der Waals surface area contributed by atoms with Crippen LogP contribution in [0.5, 0.6) is 0 Å². The predicted molar refractivity (Wildman–Crippen MR) is 117 cm³/mol. The van der Waals surface area contributed by atoms with Crippen LogP contribution in [0.4, 0.5) is 5.69 Å². The number of aliphatic carboxylic acids is 2. The highest BCUT2D eigenvalue weighted by Gasteiger charge is 2.34. The van der Waals surface area contributed by atoms with E-state index < -0.39 is 24.0 Å². The molecule has 1 aliphatic heterocycles. The molecule has 0 spiro atoms. The first-order chi connectivity index (χ1) is 13.4. The van der Waals surface area contributed by atoms with E-state index in [4.69, 9.17) is 46.1 Å². The number of amides is 1. The van der Waals surface area contributed by atoms with Crippen molar-refractivity contribution in [3.8, 4) is 0 Å². The molecule has 1 fully saturated rings. The normalized spacial score (nSPS) is 16.4. The van der Waals surface area contributed by atoms with E-state index in [1.165, 1.54) is 11.8 Å². The van der Waals surface area contributed by atoms with Crippen LogP contribution in [0.2, 0.25) is 0 Å². The van der Waals surface area contributed by atoms with E-state index in [0.29, 0.717) is 24.3 Å². The Labute approximate surface area is 179 Å². The molecule has 1 heterocycles. The Morgan fingerprint density at radius 1 is 1.28 bits per heavy atom. The van der Waals surface area contributed by atoms with Crippen LogP contribution in [0.15, 0.2) is 24.3 Å². The van der Waals surface area contributed by atoms with Gasteiger partial charge in [0, 0.05) is 30.9 Å². The number of carboxylic acids is 2.